The molecule has 2 aromatic heterocycles. The van der Waals surface area contributed by atoms with E-state index in [2.05, 4.69) is 5.32 Å². The quantitative estimate of drug-likeness (QED) is 0.780. The zero-order chi connectivity index (χ0) is 17.7. The number of nitrogens with one attached hydrogen (secondary N) is 1. The number of aliphatic hydroxyl groups excluding tert-OH is 1. The summed E-state index contributed by atoms with van der Waals surface area (Å²) in [7, 11) is 0. The number of carbonyl (C=O) groups is 1. The fourth-order valence-corrected chi connectivity index (χ4v) is 7.73. The van der Waals surface area contributed by atoms with Crippen molar-refractivity contribution < 1.29 is 9.90 Å². The topological polar surface area (TPSA) is 49.3 Å². The Morgan fingerprint density at radius 2 is 1.81 bits per heavy atom. The van der Waals surface area contributed by atoms with Gasteiger partial charge in [-0.1, -0.05) is 6.07 Å². The smallest absolute Gasteiger partial charge is 0.226 e. The number of amides is 1. The SMILES string of the molecule is O=C(NCc1ccc([C@@H](O)c2cccs2)s1)C12CC3CC(CC(C3)C1)C2. The van der Waals surface area contributed by atoms with Crippen molar-refractivity contribution in [2.24, 2.45) is 23.2 Å². The standard InChI is InChI=1S/C21H25NO2S2/c23-19(17-2-1-5-25-17)18-4-3-16(26-18)12-22-20(24)21-9-13-6-14(10-21)8-15(7-13)11-21/h1-5,13-15,19,23H,6-12H2,(H,22,24)/t13?,14?,15?,19-,21?/m0/s1. The summed E-state index contributed by atoms with van der Waals surface area (Å²) in [5, 5.41) is 15.7. The molecule has 4 aliphatic carbocycles. The largest absolute Gasteiger partial charge is 0.382 e. The molecule has 5 heteroatoms. The molecule has 0 unspecified atom stereocenters. The third-order valence-corrected chi connectivity index (χ3v) is 8.77. The highest BCUT2D eigenvalue weighted by Gasteiger charge is 2.54. The van der Waals surface area contributed by atoms with Gasteiger partial charge in [0.2, 0.25) is 5.91 Å². The Morgan fingerprint density at radius 3 is 2.42 bits per heavy atom. The molecule has 2 N–H and O–H groups in total. The first kappa shape index (κ1) is 17.0. The predicted molar refractivity (Wildman–Crippen MR) is 105 cm³/mol. The molecule has 138 valence electrons. The van der Waals surface area contributed by atoms with E-state index in [1.54, 1.807) is 22.7 Å². The summed E-state index contributed by atoms with van der Waals surface area (Å²) in [6.07, 6.45) is 6.87. The number of hydrogen-bond acceptors (Lipinski definition) is 4. The lowest BCUT2D eigenvalue weighted by Gasteiger charge is -2.55. The minimum Gasteiger partial charge on any atom is -0.382 e. The van der Waals surface area contributed by atoms with E-state index in [0.717, 1.165) is 51.6 Å². The van der Waals surface area contributed by atoms with Gasteiger partial charge >= 0.3 is 0 Å². The highest BCUT2D eigenvalue weighted by Crippen LogP contribution is 2.60. The van der Waals surface area contributed by atoms with Gasteiger partial charge in [-0.15, -0.1) is 22.7 Å². The molecule has 0 spiro atoms. The fraction of sp³-hybridized carbons (Fsp3) is 0.571. The number of aliphatic hydroxyl groups is 1. The Hall–Kier alpha value is -1.17. The molecule has 4 bridgehead atoms. The summed E-state index contributed by atoms with van der Waals surface area (Å²) in [5.74, 6) is 2.66. The van der Waals surface area contributed by atoms with Crippen LogP contribution in [0, 0.1) is 23.2 Å². The third-order valence-electron chi connectivity index (χ3n) is 6.71. The molecule has 0 aromatic carbocycles. The molecule has 1 atom stereocenters. The number of carbonyl (C=O) groups excluding carboxylic acids is 1. The van der Waals surface area contributed by atoms with Gasteiger partial charge in [-0.05, 0) is 79.9 Å². The van der Waals surface area contributed by atoms with Crippen molar-refractivity contribution in [3.05, 3.63) is 44.3 Å². The van der Waals surface area contributed by atoms with E-state index in [-0.39, 0.29) is 11.3 Å². The van der Waals surface area contributed by atoms with Crippen LogP contribution in [0.3, 0.4) is 0 Å². The zero-order valence-corrected chi connectivity index (χ0v) is 16.5. The Kier molecular flexibility index (Phi) is 4.22. The molecule has 0 radical (unpaired) electrons. The van der Waals surface area contributed by atoms with Gasteiger partial charge in [0, 0.05) is 20.0 Å². The minimum atomic E-state index is -0.549. The van der Waals surface area contributed by atoms with Gasteiger partial charge in [0.25, 0.3) is 0 Å². The van der Waals surface area contributed by atoms with Gasteiger partial charge in [0.15, 0.2) is 0 Å². The molecule has 4 fully saturated rings. The van der Waals surface area contributed by atoms with Crippen molar-refractivity contribution in [3.63, 3.8) is 0 Å². The van der Waals surface area contributed by atoms with Gasteiger partial charge in [-0.25, -0.2) is 0 Å². The summed E-state index contributed by atoms with van der Waals surface area (Å²) in [6.45, 7) is 0.586. The van der Waals surface area contributed by atoms with Crippen LogP contribution in [0.5, 0.6) is 0 Å². The lowest BCUT2D eigenvalue weighted by atomic mass is 9.49. The number of rotatable bonds is 5. The van der Waals surface area contributed by atoms with E-state index in [0.29, 0.717) is 6.54 Å². The van der Waals surface area contributed by atoms with E-state index in [4.69, 9.17) is 0 Å². The van der Waals surface area contributed by atoms with E-state index in [1.807, 2.05) is 29.6 Å². The van der Waals surface area contributed by atoms with Gasteiger partial charge in [0.05, 0.1) is 6.54 Å². The molecule has 4 saturated carbocycles. The normalized spacial score (nSPS) is 33.3. The van der Waals surface area contributed by atoms with Crippen molar-refractivity contribution >= 4 is 28.6 Å². The summed E-state index contributed by atoms with van der Waals surface area (Å²) in [5.41, 5.74) is -0.0781. The lowest BCUT2D eigenvalue weighted by molar-refractivity contribution is -0.146. The predicted octanol–water partition coefficient (Wildman–Crippen LogP) is 4.72. The van der Waals surface area contributed by atoms with Crippen LogP contribution >= 0.6 is 22.7 Å². The van der Waals surface area contributed by atoms with E-state index in [1.165, 1.54) is 19.3 Å². The first-order valence-corrected chi connectivity index (χ1v) is 11.4. The maximum atomic E-state index is 13.0. The Labute approximate surface area is 162 Å². The molecule has 2 heterocycles. The van der Waals surface area contributed by atoms with Crippen LogP contribution in [0.1, 0.15) is 59.3 Å². The Bertz CT molecular complexity index is 760. The van der Waals surface area contributed by atoms with Crippen molar-refractivity contribution in [1.82, 2.24) is 5.32 Å². The van der Waals surface area contributed by atoms with Crippen LogP contribution in [0.15, 0.2) is 29.6 Å². The van der Waals surface area contributed by atoms with Crippen LogP contribution in [-0.4, -0.2) is 11.0 Å². The van der Waals surface area contributed by atoms with Crippen LogP contribution < -0.4 is 5.32 Å². The molecule has 0 aliphatic heterocycles. The van der Waals surface area contributed by atoms with Crippen LogP contribution in [0.25, 0.3) is 0 Å². The van der Waals surface area contributed by atoms with Crippen molar-refractivity contribution in [2.75, 3.05) is 0 Å². The first-order valence-electron chi connectivity index (χ1n) is 9.70. The molecule has 4 aliphatic rings. The van der Waals surface area contributed by atoms with Crippen molar-refractivity contribution in [1.29, 1.82) is 0 Å². The van der Waals surface area contributed by atoms with E-state index in [9.17, 15) is 9.90 Å². The van der Waals surface area contributed by atoms with Gasteiger partial charge in [-0.2, -0.15) is 0 Å². The number of hydrogen-bond donors (Lipinski definition) is 2. The molecule has 1 amide bonds. The van der Waals surface area contributed by atoms with Gasteiger partial charge in [0.1, 0.15) is 6.10 Å². The molecular weight excluding hydrogens is 362 g/mol. The van der Waals surface area contributed by atoms with E-state index >= 15 is 0 Å². The summed E-state index contributed by atoms with van der Waals surface area (Å²) in [6, 6.07) is 7.95. The summed E-state index contributed by atoms with van der Waals surface area (Å²) in [4.78, 5) is 16.1. The summed E-state index contributed by atoms with van der Waals surface area (Å²) >= 11 is 3.17. The third kappa shape index (κ3) is 2.94. The zero-order valence-electron chi connectivity index (χ0n) is 14.8. The highest BCUT2D eigenvalue weighted by molar-refractivity contribution is 7.12. The minimum absolute atomic E-state index is 0.0781. The first-order chi connectivity index (χ1) is 12.6. The Morgan fingerprint density at radius 1 is 1.12 bits per heavy atom. The molecule has 2 aromatic rings. The monoisotopic (exact) mass is 387 g/mol. The fourth-order valence-electron chi connectivity index (χ4n) is 5.97. The molecule has 26 heavy (non-hydrogen) atoms. The maximum Gasteiger partial charge on any atom is 0.226 e. The van der Waals surface area contributed by atoms with E-state index < -0.39 is 6.10 Å². The van der Waals surface area contributed by atoms with Crippen LogP contribution in [0.4, 0.5) is 0 Å². The second-order valence-electron chi connectivity index (χ2n) is 8.60. The summed E-state index contributed by atoms with van der Waals surface area (Å²) < 4.78 is 0. The second-order valence-corrected chi connectivity index (χ2v) is 10.8. The molecule has 6 rings (SSSR count). The average molecular weight is 388 g/mol. The van der Waals surface area contributed by atoms with Crippen molar-refractivity contribution in [3.8, 4) is 0 Å². The van der Waals surface area contributed by atoms with Gasteiger partial charge < -0.3 is 10.4 Å². The number of thiophene rings is 2. The molecule has 0 saturated heterocycles. The second kappa shape index (κ2) is 6.47. The van der Waals surface area contributed by atoms with Crippen LogP contribution in [0.2, 0.25) is 0 Å². The van der Waals surface area contributed by atoms with Gasteiger partial charge in [-0.3, -0.25) is 4.79 Å². The van der Waals surface area contributed by atoms with Crippen molar-refractivity contribution in [2.45, 2.75) is 51.2 Å². The highest BCUT2D eigenvalue weighted by atomic mass is 32.1. The molecule has 3 nitrogen and oxygen atoms in total. The lowest BCUT2D eigenvalue weighted by Crippen LogP contribution is -2.53. The molecular formula is C21H25NO2S2. The Balaban J connectivity index is 1.24. The maximum absolute atomic E-state index is 13.0. The van der Waals surface area contributed by atoms with Crippen LogP contribution in [-0.2, 0) is 11.3 Å². The average Bonchev–Trinajstić information content (AvgIpc) is 3.30.